The number of para-hydroxylation sites is 1. The van der Waals surface area contributed by atoms with Gasteiger partial charge in [0.05, 0.1) is 23.3 Å². The van der Waals surface area contributed by atoms with E-state index < -0.39 is 6.04 Å². The zero-order chi connectivity index (χ0) is 18.4. The number of nitrogens with two attached hydrogens (primary N) is 1. The number of halogens is 2. The van der Waals surface area contributed by atoms with E-state index >= 15 is 0 Å². The maximum atomic E-state index is 12.4. The van der Waals surface area contributed by atoms with Crippen LogP contribution in [0.4, 0.5) is 5.69 Å². The number of nitrogens with one attached hydrogen (secondary N) is 1. The van der Waals surface area contributed by atoms with Crippen molar-refractivity contribution in [2.45, 2.75) is 26.3 Å². The Kier molecular flexibility index (Phi) is 9.36. The number of rotatable bonds is 6. The molecule has 0 saturated carbocycles. The van der Waals surface area contributed by atoms with E-state index in [1.54, 1.807) is 17.0 Å². The Morgan fingerprint density at radius 3 is 2.42 bits per heavy atom. The zero-order valence-corrected chi connectivity index (χ0v) is 16.9. The molecule has 0 aliphatic carbocycles. The van der Waals surface area contributed by atoms with E-state index in [9.17, 15) is 9.59 Å². The lowest BCUT2D eigenvalue weighted by Gasteiger charge is -2.36. The van der Waals surface area contributed by atoms with Crippen molar-refractivity contribution in [2.75, 3.05) is 38.0 Å². The van der Waals surface area contributed by atoms with Gasteiger partial charge in [-0.3, -0.25) is 14.5 Å². The van der Waals surface area contributed by atoms with E-state index in [-0.39, 0.29) is 36.7 Å². The van der Waals surface area contributed by atoms with Gasteiger partial charge in [-0.25, -0.2) is 0 Å². The van der Waals surface area contributed by atoms with E-state index in [0.29, 0.717) is 36.9 Å². The second kappa shape index (κ2) is 10.7. The van der Waals surface area contributed by atoms with E-state index in [1.165, 1.54) is 0 Å². The van der Waals surface area contributed by atoms with Gasteiger partial charge in [-0.15, -0.1) is 12.4 Å². The van der Waals surface area contributed by atoms with Crippen molar-refractivity contribution in [3.8, 4) is 0 Å². The molecule has 26 heavy (non-hydrogen) atoms. The van der Waals surface area contributed by atoms with Crippen LogP contribution in [0.15, 0.2) is 24.3 Å². The van der Waals surface area contributed by atoms with Crippen LogP contribution in [0.25, 0.3) is 0 Å². The molecule has 2 atom stereocenters. The van der Waals surface area contributed by atoms with Gasteiger partial charge in [0.2, 0.25) is 11.8 Å². The molecule has 6 nitrogen and oxygen atoms in total. The lowest BCUT2D eigenvalue weighted by atomic mass is 9.98. The zero-order valence-electron chi connectivity index (χ0n) is 15.3. The van der Waals surface area contributed by atoms with Crippen LogP contribution in [-0.4, -0.2) is 60.4 Å². The van der Waals surface area contributed by atoms with Crippen LogP contribution in [-0.2, 0) is 9.59 Å². The van der Waals surface area contributed by atoms with Crippen LogP contribution in [0.2, 0.25) is 5.02 Å². The summed E-state index contributed by atoms with van der Waals surface area (Å²) in [4.78, 5) is 28.4. The predicted molar refractivity (Wildman–Crippen MR) is 108 cm³/mol. The van der Waals surface area contributed by atoms with Gasteiger partial charge in [-0.05, 0) is 18.1 Å². The van der Waals surface area contributed by atoms with Crippen LogP contribution in [0.1, 0.15) is 20.3 Å². The lowest BCUT2D eigenvalue weighted by molar-refractivity contribution is -0.135. The Balaban J connectivity index is 0.00000338. The normalized spacial score (nSPS) is 17.2. The predicted octanol–water partition coefficient (Wildman–Crippen LogP) is 2.22. The highest BCUT2D eigenvalue weighted by Crippen LogP contribution is 2.20. The smallest absolute Gasteiger partial charge is 0.239 e. The summed E-state index contributed by atoms with van der Waals surface area (Å²) in [6.45, 7) is 6.84. The number of benzene rings is 1. The van der Waals surface area contributed by atoms with Crippen molar-refractivity contribution in [3.05, 3.63) is 29.3 Å². The maximum absolute atomic E-state index is 12.4. The van der Waals surface area contributed by atoms with E-state index in [1.807, 2.05) is 30.9 Å². The lowest BCUT2D eigenvalue weighted by Crippen LogP contribution is -2.55. The van der Waals surface area contributed by atoms with Crippen LogP contribution < -0.4 is 11.1 Å². The average molecular weight is 403 g/mol. The summed E-state index contributed by atoms with van der Waals surface area (Å²) in [5.74, 6) is 0.0747. The van der Waals surface area contributed by atoms with Gasteiger partial charge in [0.15, 0.2) is 0 Å². The minimum absolute atomic E-state index is 0. The molecule has 0 radical (unpaired) electrons. The van der Waals surface area contributed by atoms with Crippen LogP contribution in [0.5, 0.6) is 0 Å². The van der Waals surface area contributed by atoms with Gasteiger partial charge < -0.3 is 16.0 Å². The quantitative estimate of drug-likeness (QED) is 0.764. The molecule has 0 bridgehead atoms. The first kappa shape index (κ1) is 22.7. The number of amides is 2. The summed E-state index contributed by atoms with van der Waals surface area (Å²) >= 11 is 6.05. The summed E-state index contributed by atoms with van der Waals surface area (Å²) in [6, 6.07) is 6.71. The molecular weight excluding hydrogens is 375 g/mol. The fraction of sp³-hybridized carbons (Fsp3) is 0.556. The third-order valence-electron chi connectivity index (χ3n) is 4.74. The van der Waals surface area contributed by atoms with E-state index in [2.05, 4.69) is 5.32 Å². The summed E-state index contributed by atoms with van der Waals surface area (Å²) in [7, 11) is 0. The standard InChI is InChI=1S/C18H27ClN4O2.ClH/c1-3-13(2)17(20)18(25)23-10-8-22(9-11-23)12-16(24)21-15-7-5-4-6-14(15)19;/h4-7,13,17H,3,8-12,20H2,1-2H3,(H,21,24);1H. The Morgan fingerprint density at radius 2 is 1.85 bits per heavy atom. The van der Waals surface area contributed by atoms with Crippen molar-refractivity contribution in [1.29, 1.82) is 0 Å². The molecule has 1 heterocycles. The largest absolute Gasteiger partial charge is 0.339 e. The van der Waals surface area contributed by atoms with Gasteiger partial charge >= 0.3 is 0 Å². The molecule has 1 aliphatic rings. The van der Waals surface area contributed by atoms with Crippen LogP contribution in [0.3, 0.4) is 0 Å². The number of carbonyl (C=O) groups excluding carboxylic acids is 2. The monoisotopic (exact) mass is 402 g/mol. The third kappa shape index (κ3) is 6.13. The first-order valence-corrected chi connectivity index (χ1v) is 9.11. The molecule has 1 aromatic carbocycles. The van der Waals surface area contributed by atoms with E-state index in [0.717, 1.165) is 6.42 Å². The van der Waals surface area contributed by atoms with Crippen molar-refractivity contribution in [2.24, 2.45) is 11.7 Å². The average Bonchev–Trinajstić information content (AvgIpc) is 2.62. The SMILES string of the molecule is CCC(C)C(N)C(=O)N1CCN(CC(=O)Nc2ccccc2Cl)CC1.Cl. The maximum Gasteiger partial charge on any atom is 0.239 e. The molecule has 1 aromatic rings. The number of carbonyl (C=O) groups is 2. The Labute approximate surface area is 166 Å². The first-order valence-electron chi connectivity index (χ1n) is 8.73. The van der Waals surface area contributed by atoms with Gasteiger partial charge in [0, 0.05) is 26.2 Å². The number of hydrogen-bond acceptors (Lipinski definition) is 4. The van der Waals surface area contributed by atoms with Gasteiger partial charge in [0.25, 0.3) is 0 Å². The fourth-order valence-electron chi connectivity index (χ4n) is 2.79. The van der Waals surface area contributed by atoms with Crippen molar-refractivity contribution in [3.63, 3.8) is 0 Å². The number of anilines is 1. The molecule has 1 aliphatic heterocycles. The highest BCUT2D eigenvalue weighted by Gasteiger charge is 2.28. The van der Waals surface area contributed by atoms with Gasteiger partial charge in [0.1, 0.15) is 0 Å². The Hall–Kier alpha value is -1.34. The summed E-state index contributed by atoms with van der Waals surface area (Å²) < 4.78 is 0. The molecule has 3 N–H and O–H groups in total. The number of piperazine rings is 1. The van der Waals surface area contributed by atoms with Gasteiger partial charge in [-0.2, -0.15) is 0 Å². The molecule has 2 unspecified atom stereocenters. The minimum atomic E-state index is -0.444. The second-order valence-electron chi connectivity index (χ2n) is 6.54. The molecule has 2 amide bonds. The molecule has 1 fully saturated rings. The van der Waals surface area contributed by atoms with Crippen molar-refractivity contribution in [1.82, 2.24) is 9.80 Å². The highest BCUT2D eigenvalue weighted by atomic mass is 35.5. The number of nitrogens with zero attached hydrogens (tertiary/aromatic N) is 2. The van der Waals surface area contributed by atoms with E-state index in [4.69, 9.17) is 17.3 Å². The van der Waals surface area contributed by atoms with Crippen LogP contribution in [0, 0.1) is 5.92 Å². The molecule has 1 saturated heterocycles. The molecule has 8 heteroatoms. The van der Waals surface area contributed by atoms with Gasteiger partial charge in [-0.1, -0.05) is 44.0 Å². The summed E-state index contributed by atoms with van der Waals surface area (Å²) in [5, 5.41) is 3.34. The molecule has 0 spiro atoms. The van der Waals surface area contributed by atoms with Crippen LogP contribution >= 0.6 is 24.0 Å². The Morgan fingerprint density at radius 1 is 1.23 bits per heavy atom. The fourth-order valence-corrected chi connectivity index (χ4v) is 2.97. The molecule has 2 rings (SSSR count). The summed E-state index contributed by atoms with van der Waals surface area (Å²) in [5.41, 5.74) is 6.65. The molecule has 146 valence electrons. The minimum Gasteiger partial charge on any atom is -0.339 e. The highest BCUT2D eigenvalue weighted by molar-refractivity contribution is 6.33. The first-order chi connectivity index (χ1) is 11.9. The topological polar surface area (TPSA) is 78.7 Å². The third-order valence-corrected chi connectivity index (χ3v) is 5.07. The number of hydrogen-bond donors (Lipinski definition) is 2. The van der Waals surface area contributed by atoms with Crippen molar-refractivity contribution < 1.29 is 9.59 Å². The molecular formula is C18H28Cl2N4O2. The van der Waals surface area contributed by atoms with Crippen molar-refractivity contribution >= 4 is 41.5 Å². The second-order valence-corrected chi connectivity index (χ2v) is 6.95. The summed E-state index contributed by atoms with van der Waals surface area (Å²) in [6.07, 6.45) is 0.884. The Bertz CT molecular complexity index is 607. The molecule has 0 aromatic heterocycles.